The van der Waals surface area contributed by atoms with E-state index in [0.717, 1.165) is 17.5 Å². The first kappa shape index (κ1) is 12.4. The zero-order valence-corrected chi connectivity index (χ0v) is 10.3. The highest BCUT2D eigenvalue weighted by Crippen LogP contribution is 2.21. The van der Waals surface area contributed by atoms with Gasteiger partial charge in [-0.05, 0) is 12.0 Å². The summed E-state index contributed by atoms with van der Waals surface area (Å²) in [5, 5.41) is 13.3. The molecule has 0 radical (unpaired) electrons. The average molecular weight is 244 g/mol. The first-order valence-electron chi connectivity index (χ1n) is 6.04. The lowest BCUT2D eigenvalue weighted by Gasteiger charge is -2.11. The molecule has 0 fully saturated rings. The molecule has 1 heterocycles. The van der Waals surface area contributed by atoms with Crippen LogP contribution in [0, 0.1) is 0 Å². The number of carbonyl (C=O) groups is 1. The smallest absolute Gasteiger partial charge is 0.328 e. The molecule has 1 aromatic carbocycles. The number of nitrogens with zero attached hydrogens (tertiary/aromatic N) is 2. The number of hydrogen-bond donors (Lipinski definition) is 1. The summed E-state index contributed by atoms with van der Waals surface area (Å²) in [4.78, 5) is 11.2. The zero-order valence-electron chi connectivity index (χ0n) is 10.3. The van der Waals surface area contributed by atoms with Crippen molar-refractivity contribution in [3.63, 3.8) is 0 Å². The van der Waals surface area contributed by atoms with E-state index in [1.165, 1.54) is 4.68 Å². The molecule has 0 aliphatic heterocycles. The van der Waals surface area contributed by atoms with Gasteiger partial charge in [0.1, 0.15) is 6.04 Å². The zero-order chi connectivity index (χ0) is 13.0. The lowest BCUT2D eigenvalue weighted by atomic mass is 10.1. The second-order valence-electron chi connectivity index (χ2n) is 4.22. The third-order valence-electron chi connectivity index (χ3n) is 2.88. The summed E-state index contributed by atoms with van der Waals surface area (Å²) in [6, 6.07) is 9.24. The summed E-state index contributed by atoms with van der Waals surface area (Å²) in [6.07, 6.45) is 4.91. The maximum absolute atomic E-state index is 11.2. The highest BCUT2D eigenvalue weighted by molar-refractivity contribution is 5.72. The fourth-order valence-electron chi connectivity index (χ4n) is 1.93. The van der Waals surface area contributed by atoms with Gasteiger partial charge in [0, 0.05) is 11.8 Å². The third-order valence-corrected chi connectivity index (χ3v) is 2.88. The van der Waals surface area contributed by atoms with Crippen molar-refractivity contribution in [3.05, 3.63) is 42.7 Å². The van der Waals surface area contributed by atoms with Crippen molar-refractivity contribution in [3.8, 4) is 11.1 Å². The van der Waals surface area contributed by atoms with E-state index >= 15 is 0 Å². The van der Waals surface area contributed by atoms with Crippen molar-refractivity contribution in [1.29, 1.82) is 0 Å². The van der Waals surface area contributed by atoms with Crippen molar-refractivity contribution in [2.45, 2.75) is 25.8 Å². The minimum Gasteiger partial charge on any atom is -0.480 e. The number of aromatic nitrogens is 2. The maximum Gasteiger partial charge on any atom is 0.328 e. The van der Waals surface area contributed by atoms with Crippen LogP contribution in [-0.2, 0) is 4.79 Å². The molecule has 0 saturated heterocycles. The highest BCUT2D eigenvalue weighted by Gasteiger charge is 2.19. The van der Waals surface area contributed by atoms with Gasteiger partial charge in [0.2, 0.25) is 0 Å². The van der Waals surface area contributed by atoms with Gasteiger partial charge in [-0.25, -0.2) is 4.79 Å². The van der Waals surface area contributed by atoms with Crippen LogP contribution in [0.2, 0.25) is 0 Å². The Kier molecular flexibility index (Phi) is 3.77. The minimum atomic E-state index is -0.834. The normalized spacial score (nSPS) is 12.3. The van der Waals surface area contributed by atoms with Crippen LogP contribution in [0.3, 0.4) is 0 Å². The quantitative estimate of drug-likeness (QED) is 0.879. The molecule has 0 amide bonds. The Morgan fingerprint density at radius 2 is 2.06 bits per heavy atom. The van der Waals surface area contributed by atoms with Crippen LogP contribution in [0.1, 0.15) is 25.8 Å². The Bertz CT molecular complexity index is 520. The monoisotopic (exact) mass is 244 g/mol. The molecule has 1 N–H and O–H groups in total. The van der Waals surface area contributed by atoms with Gasteiger partial charge >= 0.3 is 5.97 Å². The van der Waals surface area contributed by atoms with Crippen LogP contribution in [0.25, 0.3) is 11.1 Å². The van der Waals surface area contributed by atoms with Crippen LogP contribution in [0.5, 0.6) is 0 Å². The molecule has 0 bridgehead atoms. The molecule has 4 nitrogen and oxygen atoms in total. The van der Waals surface area contributed by atoms with Gasteiger partial charge < -0.3 is 5.11 Å². The van der Waals surface area contributed by atoms with E-state index in [-0.39, 0.29) is 0 Å². The first-order chi connectivity index (χ1) is 8.72. The first-order valence-corrected chi connectivity index (χ1v) is 6.04. The van der Waals surface area contributed by atoms with Crippen molar-refractivity contribution >= 4 is 5.97 Å². The van der Waals surface area contributed by atoms with Gasteiger partial charge in [-0.1, -0.05) is 43.7 Å². The molecular weight excluding hydrogens is 228 g/mol. The van der Waals surface area contributed by atoms with Gasteiger partial charge in [-0.15, -0.1) is 0 Å². The Morgan fingerprint density at radius 3 is 2.67 bits per heavy atom. The molecule has 1 unspecified atom stereocenters. The predicted molar refractivity (Wildman–Crippen MR) is 69.2 cm³/mol. The van der Waals surface area contributed by atoms with Crippen LogP contribution < -0.4 is 0 Å². The highest BCUT2D eigenvalue weighted by atomic mass is 16.4. The summed E-state index contributed by atoms with van der Waals surface area (Å²) in [5.41, 5.74) is 1.99. The molecule has 2 aromatic rings. The van der Waals surface area contributed by atoms with Crippen LogP contribution in [0.4, 0.5) is 0 Å². The third kappa shape index (κ3) is 2.59. The molecule has 1 aromatic heterocycles. The largest absolute Gasteiger partial charge is 0.480 e. The van der Waals surface area contributed by atoms with Gasteiger partial charge in [-0.2, -0.15) is 5.10 Å². The SMILES string of the molecule is CCCC(C(=O)O)n1cc(-c2ccccc2)cn1. The molecule has 2 rings (SSSR count). The summed E-state index contributed by atoms with van der Waals surface area (Å²) in [6.45, 7) is 1.97. The van der Waals surface area contributed by atoms with Gasteiger partial charge in [0.15, 0.2) is 0 Å². The molecule has 0 aliphatic carbocycles. The number of rotatable bonds is 5. The van der Waals surface area contributed by atoms with E-state index in [4.69, 9.17) is 0 Å². The number of carboxylic acid groups (broad SMARTS) is 1. The topological polar surface area (TPSA) is 55.1 Å². The second kappa shape index (κ2) is 5.49. The Balaban J connectivity index is 2.27. The van der Waals surface area contributed by atoms with Crippen molar-refractivity contribution in [2.24, 2.45) is 0 Å². The summed E-state index contributed by atoms with van der Waals surface area (Å²) >= 11 is 0. The Morgan fingerprint density at radius 1 is 1.33 bits per heavy atom. The van der Waals surface area contributed by atoms with Crippen LogP contribution in [0.15, 0.2) is 42.7 Å². The van der Waals surface area contributed by atoms with E-state index in [2.05, 4.69) is 5.10 Å². The summed E-state index contributed by atoms with van der Waals surface area (Å²) in [7, 11) is 0. The van der Waals surface area contributed by atoms with Gasteiger partial charge in [0.25, 0.3) is 0 Å². The number of hydrogen-bond acceptors (Lipinski definition) is 2. The van der Waals surface area contributed by atoms with Crippen molar-refractivity contribution in [2.75, 3.05) is 0 Å². The molecule has 0 aliphatic rings. The second-order valence-corrected chi connectivity index (χ2v) is 4.22. The molecule has 0 spiro atoms. The van der Waals surface area contributed by atoms with Crippen LogP contribution in [-0.4, -0.2) is 20.9 Å². The molecule has 1 atom stereocenters. The molecular formula is C14H16N2O2. The van der Waals surface area contributed by atoms with Crippen LogP contribution >= 0.6 is 0 Å². The van der Waals surface area contributed by atoms with E-state index < -0.39 is 12.0 Å². The van der Waals surface area contributed by atoms with E-state index in [9.17, 15) is 9.90 Å². The fraction of sp³-hybridized carbons (Fsp3) is 0.286. The fourth-order valence-corrected chi connectivity index (χ4v) is 1.93. The van der Waals surface area contributed by atoms with E-state index in [1.54, 1.807) is 12.4 Å². The number of carboxylic acids is 1. The summed E-state index contributed by atoms with van der Waals surface area (Å²) in [5.74, 6) is -0.834. The van der Waals surface area contributed by atoms with E-state index in [0.29, 0.717) is 6.42 Å². The maximum atomic E-state index is 11.2. The Labute approximate surface area is 106 Å². The van der Waals surface area contributed by atoms with E-state index in [1.807, 2.05) is 37.3 Å². The minimum absolute atomic E-state index is 0.576. The number of aliphatic carboxylic acids is 1. The molecule has 94 valence electrons. The lowest BCUT2D eigenvalue weighted by Crippen LogP contribution is -2.19. The van der Waals surface area contributed by atoms with Gasteiger partial charge in [0.05, 0.1) is 6.20 Å². The van der Waals surface area contributed by atoms with Crippen molar-refractivity contribution < 1.29 is 9.90 Å². The molecule has 4 heteroatoms. The lowest BCUT2D eigenvalue weighted by molar-refractivity contribution is -0.141. The summed E-state index contributed by atoms with van der Waals surface area (Å²) < 4.78 is 1.54. The Hall–Kier alpha value is -2.10. The number of benzene rings is 1. The van der Waals surface area contributed by atoms with Crippen molar-refractivity contribution in [1.82, 2.24) is 9.78 Å². The standard InChI is InChI=1S/C14H16N2O2/c1-2-6-13(14(17)18)16-10-12(9-15-16)11-7-4-3-5-8-11/h3-5,7-10,13H,2,6H2,1H3,(H,17,18). The van der Waals surface area contributed by atoms with Gasteiger partial charge in [-0.3, -0.25) is 4.68 Å². The molecule has 0 saturated carbocycles. The predicted octanol–water partition coefficient (Wildman–Crippen LogP) is 2.98. The average Bonchev–Trinajstić information content (AvgIpc) is 2.86. The molecule has 18 heavy (non-hydrogen) atoms.